The second-order valence-electron chi connectivity index (χ2n) is 6.31. The second kappa shape index (κ2) is 7.09. The van der Waals surface area contributed by atoms with E-state index < -0.39 is 0 Å². The third-order valence-corrected chi connectivity index (χ3v) is 4.79. The van der Waals surface area contributed by atoms with Crippen molar-refractivity contribution in [2.24, 2.45) is 11.8 Å². The number of rotatable bonds is 5. The Morgan fingerprint density at radius 2 is 1.95 bits per heavy atom. The Morgan fingerprint density at radius 3 is 2.58 bits per heavy atom. The van der Waals surface area contributed by atoms with E-state index in [2.05, 4.69) is 56.4 Å². The van der Waals surface area contributed by atoms with Crippen LogP contribution in [0.4, 0.5) is 0 Å². The van der Waals surface area contributed by atoms with E-state index in [0.29, 0.717) is 12.0 Å². The van der Waals surface area contributed by atoms with Crippen LogP contribution in [0, 0.1) is 11.8 Å². The highest BCUT2D eigenvalue weighted by Gasteiger charge is 2.30. The molecule has 2 rings (SSSR count). The Labute approximate surface area is 118 Å². The summed E-state index contributed by atoms with van der Waals surface area (Å²) in [7, 11) is 0. The first-order chi connectivity index (χ1) is 9.22. The van der Waals surface area contributed by atoms with Crippen molar-refractivity contribution in [2.75, 3.05) is 6.54 Å². The van der Waals surface area contributed by atoms with Crippen molar-refractivity contribution in [2.45, 2.75) is 58.4 Å². The van der Waals surface area contributed by atoms with Gasteiger partial charge in [0, 0.05) is 6.04 Å². The first-order valence-corrected chi connectivity index (χ1v) is 8.00. The van der Waals surface area contributed by atoms with Gasteiger partial charge in [-0.25, -0.2) is 0 Å². The summed E-state index contributed by atoms with van der Waals surface area (Å²) in [5, 5.41) is 3.77. The highest BCUT2D eigenvalue weighted by Crippen LogP contribution is 2.35. The van der Waals surface area contributed by atoms with Gasteiger partial charge in [0.25, 0.3) is 0 Å². The highest BCUT2D eigenvalue weighted by molar-refractivity contribution is 5.21. The fourth-order valence-electron chi connectivity index (χ4n) is 3.76. The van der Waals surface area contributed by atoms with Crippen molar-refractivity contribution < 1.29 is 0 Å². The minimum absolute atomic E-state index is 0.608. The minimum Gasteiger partial charge on any atom is -0.313 e. The van der Waals surface area contributed by atoms with E-state index in [0.717, 1.165) is 18.4 Å². The van der Waals surface area contributed by atoms with Crippen LogP contribution in [-0.4, -0.2) is 12.6 Å². The van der Waals surface area contributed by atoms with Crippen LogP contribution < -0.4 is 5.32 Å². The molecule has 19 heavy (non-hydrogen) atoms. The fourth-order valence-corrected chi connectivity index (χ4v) is 3.76. The van der Waals surface area contributed by atoms with Gasteiger partial charge in [0.05, 0.1) is 0 Å². The summed E-state index contributed by atoms with van der Waals surface area (Å²) in [6, 6.07) is 11.6. The van der Waals surface area contributed by atoms with Gasteiger partial charge < -0.3 is 5.32 Å². The lowest BCUT2D eigenvalue weighted by atomic mass is 9.74. The molecule has 4 unspecified atom stereocenters. The van der Waals surface area contributed by atoms with Crippen molar-refractivity contribution in [3.63, 3.8) is 0 Å². The molecular weight excluding hydrogens is 230 g/mol. The molecule has 1 aliphatic rings. The van der Waals surface area contributed by atoms with E-state index >= 15 is 0 Å². The number of nitrogens with one attached hydrogen (secondary N) is 1. The Kier molecular flexibility index (Phi) is 5.45. The first kappa shape index (κ1) is 14.6. The van der Waals surface area contributed by atoms with Crippen LogP contribution in [0.15, 0.2) is 30.3 Å². The van der Waals surface area contributed by atoms with Crippen molar-refractivity contribution in [3.8, 4) is 0 Å². The maximum Gasteiger partial charge on any atom is 0.0161 e. The van der Waals surface area contributed by atoms with E-state index in [4.69, 9.17) is 0 Å². The molecule has 1 fully saturated rings. The summed E-state index contributed by atoms with van der Waals surface area (Å²) in [6.07, 6.45) is 5.64. The summed E-state index contributed by atoms with van der Waals surface area (Å²) in [4.78, 5) is 0. The van der Waals surface area contributed by atoms with Crippen LogP contribution in [0.1, 0.15) is 57.9 Å². The number of hydrogen-bond acceptors (Lipinski definition) is 1. The summed E-state index contributed by atoms with van der Waals surface area (Å²) in [5.74, 6) is 2.36. The normalized spacial score (nSPS) is 26.9. The largest absolute Gasteiger partial charge is 0.313 e. The van der Waals surface area contributed by atoms with Crippen LogP contribution in [0.2, 0.25) is 0 Å². The molecule has 0 spiro atoms. The zero-order valence-corrected chi connectivity index (χ0v) is 12.7. The van der Waals surface area contributed by atoms with Crippen LogP contribution in [0.3, 0.4) is 0 Å². The zero-order chi connectivity index (χ0) is 13.7. The molecule has 0 heterocycles. The fraction of sp³-hybridized carbons (Fsp3) is 0.667. The van der Waals surface area contributed by atoms with E-state index in [1.54, 1.807) is 0 Å². The quantitative estimate of drug-likeness (QED) is 0.815. The Bertz CT molecular complexity index is 359. The summed E-state index contributed by atoms with van der Waals surface area (Å²) < 4.78 is 0. The molecule has 1 aliphatic carbocycles. The van der Waals surface area contributed by atoms with Crippen LogP contribution in [0.25, 0.3) is 0 Å². The molecule has 1 aromatic carbocycles. The summed E-state index contributed by atoms with van der Waals surface area (Å²) in [6.45, 7) is 8.12. The average molecular weight is 259 g/mol. The van der Waals surface area contributed by atoms with E-state index in [1.165, 1.54) is 31.2 Å². The lowest BCUT2D eigenvalue weighted by Gasteiger charge is -2.37. The molecule has 1 saturated carbocycles. The summed E-state index contributed by atoms with van der Waals surface area (Å²) >= 11 is 0. The SMILES string of the molecule is CCNC(C1CCCC(C)C1)C(C)c1ccccc1. The molecule has 0 saturated heterocycles. The van der Waals surface area contributed by atoms with Gasteiger partial charge in [-0.1, -0.05) is 63.9 Å². The van der Waals surface area contributed by atoms with Crippen molar-refractivity contribution in [3.05, 3.63) is 35.9 Å². The molecule has 0 aliphatic heterocycles. The second-order valence-corrected chi connectivity index (χ2v) is 6.31. The van der Waals surface area contributed by atoms with E-state index in [-0.39, 0.29) is 0 Å². The van der Waals surface area contributed by atoms with Crippen molar-refractivity contribution >= 4 is 0 Å². The Morgan fingerprint density at radius 1 is 1.21 bits per heavy atom. The minimum atomic E-state index is 0.608. The maximum atomic E-state index is 3.77. The van der Waals surface area contributed by atoms with Crippen molar-refractivity contribution in [1.82, 2.24) is 5.32 Å². The topological polar surface area (TPSA) is 12.0 Å². The number of hydrogen-bond donors (Lipinski definition) is 1. The van der Waals surface area contributed by atoms with Crippen LogP contribution in [-0.2, 0) is 0 Å². The lowest BCUT2D eigenvalue weighted by molar-refractivity contribution is 0.207. The molecule has 0 aromatic heterocycles. The third-order valence-electron chi connectivity index (χ3n) is 4.79. The van der Waals surface area contributed by atoms with Gasteiger partial charge in [0.1, 0.15) is 0 Å². The zero-order valence-electron chi connectivity index (χ0n) is 12.7. The predicted molar refractivity (Wildman–Crippen MR) is 83.4 cm³/mol. The van der Waals surface area contributed by atoms with E-state index in [1.807, 2.05) is 0 Å². The third kappa shape index (κ3) is 3.82. The Balaban J connectivity index is 2.10. The molecule has 1 N–H and O–H groups in total. The molecule has 1 heteroatoms. The van der Waals surface area contributed by atoms with Gasteiger partial charge in [0.15, 0.2) is 0 Å². The molecule has 1 nitrogen and oxygen atoms in total. The standard InChI is InChI=1S/C18H29N/c1-4-19-18(17-12-8-9-14(2)13-17)15(3)16-10-6-5-7-11-16/h5-7,10-11,14-15,17-19H,4,8-9,12-13H2,1-3H3. The van der Waals surface area contributed by atoms with Gasteiger partial charge in [0.2, 0.25) is 0 Å². The molecule has 0 amide bonds. The maximum absolute atomic E-state index is 3.77. The van der Waals surface area contributed by atoms with Gasteiger partial charge in [-0.3, -0.25) is 0 Å². The van der Waals surface area contributed by atoms with Gasteiger partial charge in [-0.15, -0.1) is 0 Å². The smallest absolute Gasteiger partial charge is 0.0161 e. The molecular formula is C18H29N. The summed E-state index contributed by atoms with van der Waals surface area (Å²) in [5.41, 5.74) is 1.48. The molecule has 0 radical (unpaired) electrons. The van der Waals surface area contributed by atoms with Crippen molar-refractivity contribution in [1.29, 1.82) is 0 Å². The molecule has 106 valence electrons. The first-order valence-electron chi connectivity index (χ1n) is 8.00. The Hall–Kier alpha value is -0.820. The predicted octanol–water partition coefficient (Wildman–Crippen LogP) is 4.59. The van der Waals surface area contributed by atoms with Crippen LogP contribution in [0.5, 0.6) is 0 Å². The van der Waals surface area contributed by atoms with Crippen LogP contribution >= 0.6 is 0 Å². The molecule has 0 bridgehead atoms. The molecule has 1 aromatic rings. The monoisotopic (exact) mass is 259 g/mol. The number of benzene rings is 1. The van der Waals surface area contributed by atoms with Gasteiger partial charge in [-0.2, -0.15) is 0 Å². The van der Waals surface area contributed by atoms with Gasteiger partial charge in [-0.05, 0) is 42.7 Å². The average Bonchev–Trinajstić information content (AvgIpc) is 2.45. The van der Waals surface area contributed by atoms with Gasteiger partial charge >= 0.3 is 0 Å². The van der Waals surface area contributed by atoms with E-state index in [9.17, 15) is 0 Å². The number of likely N-dealkylation sites (N-methyl/N-ethyl adjacent to an activating group) is 1. The lowest BCUT2D eigenvalue weighted by Crippen LogP contribution is -2.42. The highest BCUT2D eigenvalue weighted by atomic mass is 14.9. The molecule has 4 atom stereocenters.